The van der Waals surface area contributed by atoms with E-state index in [1.54, 1.807) is 12.1 Å². The molecule has 104 valence electrons. The topological polar surface area (TPSA) is 90.0 Å². The molecule has 1 aromatic heterocycles. The van der Waals surface area contributed by atoms with Crippen molar-refractivity contribution < 1.29 is 14.7 Å². The average molecular weight is 273 g/mol. The van der Waals surface area contributed by atoms with Gasteiger partial charge in [-0.1, -0.05) is 23.4 Å². The zero-order valence-corrected chi connectivity index (χ0v) is 10.8. The molecule has 2 aromatic rings. The van der Waals surface area contributed by atoms with E-state index in [0.29, 0.717) is 24.7 Å². The minimum atomic E-state index is 0.0106. The fraction of sp³-hybridized carbons (Fsp3) is 0.143. The van der Waals surface area contributed by atoms with Crippen LogP contribution in [0.5, 0.6) is 11.6 Å². The van der Waals surface area contributed by atoms with Crippen molar-refractivity contribution in [3.05, 3.63) is 54.2 Å². The lowest BCUT2D eigenvalue weighted by atomic mass is 10.3. The molecule has 0 bridgehead atoms. The Morgan fingerprint density at radius 1 is 1.10 bits per heavy atom. The summed E-state index contributed by atoms with van der Waals surface area (Å²) in [7, 11) is 0. The van der Waals surface area contributed by atoms with Crippen LogP contribution in [-0.2, 0) is 0 Å². The Morgan fingerprint density at radius 2 is 1.85 bits per heavy atom. The van der Waals surface area contributed by atoms with Crippen molar-refractivity contribution in [3.63, 3.8) is 0 Å². The molecular formula is C14H15N3O3. The molecule has 0 unspecified atom stereocenters. The van der Waals surface area contributed by atoms with E-state index >= 15 is 0 Å². The summed E-state index contributed by atoms with van der Waals surface area (Å²) < 4.78 is 10.9. The molecule has 0 fully saturated rings. The number of pyridine rings is 1. The second-order valence-electron chi connectivity index (χ2n) is 3.88. The Labute approximate surface area is 116 Å². The van der Waals surface area contributed by atoms with Gasteiger partial charge >= 0.3 is 0 Å². The summed E-state index contributed by atoms with van der Waals surface area (Å²) in [5, 5.41) is 11.4. The van der Waals surface area contributed by atoms with Gasteiger partial charge in [0.1, 0.15) is 19.0 Å². The molecule has 0 saturated carbocycles. The van der Waals surface area contributed by atoms with E-state index < -0.39 is 0 Å². The maximum atomic E-state index is 8.53. The maximum absolute atomic E-state index is 8.53. The van der Waals surface area contributed by atoms with Gasteiger partial charge in [-0.3, -0.25) is 0 Å². The van der Waals surface area contributed by atoms with Gasteiger partial charge in [-0.15, -0.1) is 0 Å². The number of aromatic nitrogens is 1. The van der Waals surface area contributed by atoms with Crippen LogP contribution in [0.25, 0.3) is 0 Å². The first-order valence-corrected chi connectivity index (χ1v) is 6.04. The van der Waals surface area contributed by atoms with Gasteiger partial charge in [-0.2, -0.15) is 0 Å². The quantitative estimate of drug-likeness (QED) is 0.274. The fourth-order valence-corrected chi connectivity index (χ4v) is 1.50. The molecule has 20 heavy (non-hydrogen) atoms. The van der Waals surface area contributed by atoms with Crippen LogP contribution in [0.3, 0.4) is 0 Å². The lowest BCUT2D eigenvalue weighted by Gasteiger charge is -2.07. The van der Waals surface area contributed by atoms with E-state index in [9.17, 15) is 0 Å². The predicted molar refractivity (Wildman–Crippen MR) is 74.2 cm³/mol. The molecule has 3 N–H and O–H groups in total. The summed E-state index contributed by atoms with van der Waals surface area (Å²) in [4.78, 5) is 4.04. The van der Waals surface area contributed by atoms with E-state index in [1.807, 2.05) is 30.3 Å². The van der Waals surface area contributed by atoms with E-state index in [0.717, 1.165) is 5.75 Å². The maximum Gasteiger partial charge on any atom is 0.213 e. The summed E-state index contributed by atoms with van der Waals surface area (Å²) >= 11 is 0. The number of hydrogen-bond acceptors (Lipinski definition) is 5. The van der Waals surface area contributed by atoms with Gasteiger partial charge < -0.3 is 20.4 Å². The van der Waals surface area contributed by atoms with Crippen molar-refractivity contribution in [2.75, 3.05) is 13.2 Å². The normalized spacial score (nSPS) is 11.1. The first-order chi connectivity index (χ1) is 9.79. The number of amidine groups is 1. The molecule has 0 atom stereocenters. The SMILES string of the molecule is N/C(=N\O)c1ccc(OCCOc2ccccc2)nc1. The first-order valence-electron chi connectivity index (χ1n) is 6.04. The van der Waals surface area contributed by atoms with E-state index in [2.05, 4.69) is 10.1 Å². The molecule has 6 nitrogen and oxygen atoms in total. The zero-order valence-electron chi connectivity index (χ0n) is 10.8. The van der Waals surface area contributed by atoms with Crippen molar-refractivity contribution in [1.82, 2.24) is 4.98 Å². The molecule has 0 aliphatic heterocycles. The molecule has 0 saturated heterocycles. The highest BCUT2D eigenvalue weighted by Gasteiger charge is 2.01. The minimum Gasteiger partial charge on any atom is -0.490 e. The summed E-state index contributed by atoms with van der Waals surface area (Å²) in [5.74, 6) is 1.26. The van der Waals surface area contributed by atoms with Gasteiger partial charge in [0, 0.05) is 17.8 Å². The number of nitrogens with two attached hydrogens (primary N) is 1. The Bertz CT molecular complexity index is 556. The summed E-state index contributed by atoms with van der Waals surface area (Å²) in [6.45, 7) is 0.804. The zero-order chi connectivity index (χ0) is 14.2. The molecule has 0 radical (unpaired) electrons. The Kier molecular flexibility index (Phi) is 4.77. The Hall–Kier alpha value is -2.76. The average Bonchev–Trinajstić information content (AvgIpc) is 2.52. The van der Waals surface area contributed by atoms with E-state index in [4.69, 9.17) is 20.4 Å². The Morgan fingerprint density at radius 3 is 2.50 bits per heavy atom. The van der Waals surface area contributed by atoms with Crippen LogP contribution in [0.15, 0.2) is 53.8 Å². The van der Waals surface area contributed by atoms with Crippen molar-refractivity contribution >= 4 is 5.84 Å². The van der Waals surface area contributed by atoms with Crippen LogP contribution in [0, 0.1) is 0 Å². The number of hydrogen-bond donors (Lipinski definition) is 2. The second kappa shape index (κ2) is 6.98. The predicted octanol–water partition coefficient (Wildman–Crippen LogP) is 1.63. The molecule has 6 heteroatoms. The summed E-state index contributed by atoms with van der Waals surface area (Å²) in [5.41, 5.74) is 5.96. The number of oxime groups is 1. The molecular weight excluding hydrogens is 258 g/mol. The number of rotatable bonds is 6. The number of para-hydroxylation sites is 1. The molecule has 1 heterocycles. The van der Waals surface area contributed by atoms with Gasteiger partial charge in [-0.25, -0.2) is 4.98 Å². The largest absolute Gasteiger partial charge is 0.490 e. The summed E-state index contributed by atoms with van der Waals surface area (Å²) in [6, 6.07) is 12.8. The molecule has 0 spiro atoms. The van der Waals surface area contributed by atoms with Gasteiger partial charge in [0.15, 0.2) is 5.84 Å². The van der Waals surface area contributed by atoms with Crippen LogP contribution in [-0.4, -0.2) is 29.2 Å². The fourth-order valence-electron chi connectivity index (χ4n) is 1.50. The number of ether oxygens (including phenoxy) is 2. The highest BCUT2D eigenvalue weighted by Crippen LogP contribution is 2.09. The van der Waals surface area contributed by atoms with Crippen LogP contribution < -0.4 is 15.2 Å². The monoisotopic (exact) mass is 273 g/mol. The van der Waals surface area contributed by atoms with Gasteiger partial charge in [-0.05, 0) is 18.2 Å². The van der Waals surface area contributed by atoms with Crippen molar-refractivity contribution in [2.24, 2.45) is 10.9 Å². The molecule has 0 aliphatic carbocycles. The molecule has 2 rings (SSSR count). The van der Waals surface area contributed by atoms with Crippen LogP contribution in [0.4, 0.5) is 0 Å². The van der Waals surface area contributed by atoms with Gasteiger partial charge in [0.25, 0.3) is 0 Å². The Balaban J connectivity index is 1.77. The van der Waals surface area contributed by atoms with Gasteiger partial charge in [0.2, 0.25) is 5.88 Å². The second-order valence-corrected chi connectivity index (χ2v) is 3.88. The highest BCUT2D eigenvalue weighted by molar-refractivity contribution is 5.96. The lowest BCUT2D eigenvalue weighted by Crippen LogP contribution is -2.14. The molecule has 0 aliphatic rings. The standard InChI is InChI=1S/C14H15N3O3/c15-14(17-18)11-6-7-13(16-10-11)20-9-8-19-12-4-2-1-3-5-12/h1-7,10,18H,8-9H2,(H2,15,17). The summed E-state index contributed by atoms with van der Waals surface area (Å²) in [6.07, 6.45) is 1.47. The van der Waals surface area contributed by atoms with Crippen LogP contribution in [0.1, 0.15) is 5.56 Å². The van der Waals surface area contributed by atoms with E-state index in [-0.39, 0.29) is 5.84 Å². The third-order valence-electron chi connectivity index (χ3n) is 2.49. The van der Waals surface area contributed by atoms with Crippen molar-refractivity contribution in [3.8, 4) is 11.6 Å². The van der Waals surface area contributed by atoms with E-state index in [1.165, 1.54) is 6.20 Å². The van der Waals surface area contributed by atoms with Crippen LogP contribution in [0.2, 0.25) is 0 Å². The molecule has 0 amide bonds. The lowest BCUT2D eigenvalue weighted by molar-refractivity contribution is 0.212. The third-order valence-corrected chi connectivity index (χ3v) is 2.49. The molecule has 1 aromatic carbocycles. The number of benzene rings is 1. The number of nitrogens with zero attached hydrogens (tertiary/aromatic N) is 2. The highest BCUT2D eigenvalue weighted by atomic mass is 16.5. The van der Waals surface area contributed by atoms with Crippen molar-refractivity contribution in [1.29, 1.82) is 0 Å². The first kappa shape index (κ1) is 13.7. The van der Waals surface area contributed by atoms with Crippen molar-refractivity contribution in [2.45, 2.75) is 0 Å². The van der Waals surface area contributed by atoms with Gasteiger partial charge in [0.05, 0.1) is 0 Å². The third kappa shape index (κ3) is 3.88. The van der Waals surface area contributed by atoms with Crippen LogP contribution >= 0.6 is 0 Å². The minimum absolute atomic E-state index is 0.0106. The smallest absolute Gasteiger partial charge is 0.213 e.